The molecule has 4 rings (SSSR count). The average molecular weight is 474 g/mol. The van der Waals surface area contributed by atoms with Gasteiger partial charge in [-0.05, 0) is 48.5 Å². The highest BCUT2D eigenvalue weighted by molar-refractivity contribution is 9.10. The Kier molecular flexibility index (Phi) is 5.51. The SMILES string of the molecule is Cc1ccc(-c2c(C)sc3nc(CN(C)Cc4cc(Br)cs4)[nH]c(=O)c23)cc1. The number of H-pyrrole nitrogens is 1. The van der Waals surface area contributed by atoms with Crippen molar-refractivity contribution in [2.24, 2.45) is 0 Å². The number of fused-ring (bicyclic) bond motifs is 1. The molecule has 0 aliphatic rings. The van der Waals surface area contributed by atoms with Crippen molar-refractivity contribution in [3.05, 3.63) is 71.7 Å². The van der Waals surface area contributed by atoms with Gasteiger partial charge in [0.05, 0.1) is 11.9 Å². The molecular formula is C21H20BrN3OS2. The van der Waals surface area contributed by atoms with Gasteiger partial charge in [-0.3, -0.25) is 9.69 Å². The molecule has 144 valence electrons. The molecule has 3 heterocycles. The maximum absolute atomic E-state index is 12.9. The van der Waals surface area contributed by atoms with E-state index in [4.69, 9.17) is 4.98 Å². The lowest BCUT2D eigenvalue weighted by Gasteiger charge is -2.14. The summed E-state index contributed by atoms with van der Waals surface area (Å²) in [4.78, 5) is 26.0. The second kappa shape index (κ2) is 7.91. The van der Waals surface area contributed by atoms with Crippen LogP contribution in [-0.2, 0) is 13.1 Å². The van der Waals surface area contributed by atoms with E-state index in [9.17, 15) is 4.79 Å². The molecule has 0 atom stereocenters. The Bertz CT molecular complexity index is 1190. The molecule has 4 aromatic rings. The highest BCUT2D eigenvalue weighted by atomic mass is 79.9. The van der Waals surface area contributed by atoms with Crippen LogP contribution in [0.3, 0.4) is 0 Å². The maximum Gasteiger partial charge on any atom is 0.260 e. The van der Waals surface area contributed by atoms with E-state index in [0.29, 0.717) is 17.8 Å². The summed E-state index contributed by atoms with van der Waals surface area (Å²) in [7, 11) is 2.04. The molecule has 28 heavy (non-hydrogen) atoms. The zero-order valence-corrected chi connectivity index (χ0v) is 19.1. The molecular weight excluding hydrogens is 454 g/mol. The Labute approximate surface area is 180 Å². The number of aromatic amines is 1. The smallest absolute Gasteiger partial charge is 0.260 e. The van der Waals surface area contributed by atoms with Crippen LogP contribution in [-0.4, -0.2) is 21.9 Å². The summed E-state index contributed by atoms with van der Waals surface area (Å²) >= 11 is 6.80. The minimum absolute atomic E-state index is 0.0628. The van der Waals surface area contributed by atoms with Crippen LogP contribution in [0.15, 0.2) is 45.0 Å². The molecule has 3 aromatic heterocycles. The van der Waals surface area contributed by atoms with Gasteiger partial charge >= 0.3 is 0 Å². The fourth-order valence-electron chi connectivity index (χ4n) is 3.32. The van der Waals surface area contributed by atoms with E-state index in [-0.39, 0.29) is 5.56 Å². The van der Waals surface area contributed by atoms with Crippen LogP contribution >= 0.6 is 38.6 Å². The number of thiophene rings is 2. The molecule has 1 aromatic carbocycles. The van der Waals surface area contributed by atoms with E-state index in [0.717, 1.165) is 31.9 Å². The number of nitrogens with one attached hydrogen (secondary N) is 1. The van der Waals surface area contributed by atoms with Gasteiger partial charge in [0.2, 0.25) is 0 Å². The van der Waals surface area contributed by atoms with E-state index in [1.807, 2.05) is 7.05 Å². The summed E-state index contributed by atoms with van der Waals surface area (Å²) in [5, 5.41) is 2.77. The van der Waals surface area contributed by atoms with E-state index >= 15 is 0 Å². The largest absolute Gasteiger partial charge is 0.309 e. The fourth-order valence-corrected chi connectivity index (χ4v) is 5.92. The summed E-state index contributed by atoms with van der Waals surface area (Å²) < 4.78 is 1.10. The quantitative estimate of drug-likeness (QED) is 0.402. The number of benzene rings is 1. The monoisotopic (exact) mass is 473 g/mol. The molecule has 0 fully saturated rings. The van der Waals surface area contributed by atoms with Gasteiger partial charge in [0.1, 0.15) is 10.7 Å². The molecule has 0 bridgehead atoms. The van der Waals surface area contributed by atoms with Crippen LogP contribution < -0.4 is 5.56 Å². The van der Waals surface area contributed by atoms with Gasteiger partial charge < -0.3 is 4.98 Å². The first kappa shape index (κ1) is 19.5. The van der Waals surface area contributed by atoms with Crippen molar-refractivity contribution in [1.29, 1.82) is 0 Å². The van der Waals surface area contributed by atoms with Crippen molar-refractivity contribution in [2.75, 3.05) is 7.05 Å². The predicted molar refractivity (Wildman–Crippen MR) is 122 cm³/mol. The van der Waals surface area contributed by atoms with Crippen molar-refractivity contribution in [3.63, 3.8) is 0 Å². The number of rotatable bonds is 5. The lowest BCUT2D eigenvalue weighted by Crippen LogP contribution is -2.21. The van der Waals surface area contributed by atoms with Crippen molar-refractivity contribution in [1.82, 2.24) is 14.9 Å². The van der Waals surface area contributed by atoms with Crippen LogP contribution in [0.1, 0.15) is 21.1 Å². The number of aryl methyl sites for hydroxylation is 2. The Morgan fingerprint density at radius 2 is 1.93 bits per heavy atom. The summed E-state index contributed by atoms with van der Waals surface area (Å²) in [6.45, 7) is 5.53. The summed E-state index contributed by atoms with van der Waals surface area (Å²) in [6, 6.07) is 10.4. The number of hydrogen-bond acceptors (Lipinski definition) is 5. The predicted octanol–water partition coefficient (Wildman–Crippen LogP) is 5.72. The molecule has 0 saturated carbocycles. The van der Waals surface area contributed by atoms with E-state index in [1.54, 1.807) is 22.7 Å². The number of nitrogens with zero attached hydrogens (tertiary/aromatic N) is 2. The molecule has 0 amide bonds. The standard InChI is InChI=1S/C21H20BrN3OS2/c1-12-4-6-14(7-5-12)18-13(2)28-21-19(18)20(26)23-17(24-21)10-25(3)9-16-8-15(22)11-27-16/h4-8,11H,9-10H2,1-3H3,(H,23,24,26). The Morgan fingerprint density at radius 3 is 2.61 bits per heavy atom. The minimum Gasteiger partial charge on any atom is -0.309 e. The summed E-state index contributed by atoms with van der Waals surface area (Å²) in [5.41, 5.74) is 3.20. The number of hydrogen-bond donors (Lipinski definition) is 1. The van der Waals surface area contributed by atoms with Gasteiger partial charge in [-0.2, -0.15) is 0 Å². The topological polar surface area (TPSA) is 49.0 Å². The van der Waals surface area contributed by atoms with Gasteiger partial charge in [-0.1, -0.05) is 29.8 Å². The second-order valence-corrected chi connectivity index (χ2v) is 10.1. The Hall–Kier alpha value is -1.80. The van der Waals surface area contributed by atoms with Crippen molar-refractivity contribution in [2.45, 2.75) is 26.9 Å². The third kappa shape index (κ3) is 3.98. The fraction of sp³-hybridized carbons (Fsp3) is 0.238. The molecule has 0 spiro atoms. The van der Waals surface area contributed by atoms with Crippen LogP contribution in [0.2, 0.25) is 0 Å². The highest BCUT2D eigenvalue weighted by Crippen LogP contribution is 2.35. The normalized spacial score (nSPS) is 11.6. The first-order valence-corrected chi connectivity index (χ1v) is 11.4. The Balaban J connectivity index is 1.66. The molecule has 0 aliphatic carbocycles. The van der Waals surface area contributed by atoms with Gasteiger partial charge in [0, 0.05) is 31.7 Å². The molecule has 0 aliphatic heterocycles. The molecule has 7 heteroatoms. The van der Waals surface area contributed by atoms with Gasteiger partial charge in [-0.15, -0.1) is 22.7 Å². The minimum atomic E-state index is -0.0628. The van der Waals surface area contributed by atoms with E-state index in [1.165, 1.54) is 10.4 Å². The maximum atomic E-state index is 12.9. The van der Waals surface area contributed by atoms with Gasteiger partial charge in [-0.25, -0.2) is 4.98 Å². The number of halogens is 1. The van der Waals surface area contributed by atoms with Crippen molar-refractivity contribution < 1.29 is 0 Å². The first-order chi connectivity index (χ1) is 13.4. The van der Waals surface area contributed by atoms with Crippen LogP contribution in [0, 0.1) is 13.8 Å². The van der Waals surface area contributed by atoms with Crippen molar-refractivity contribution in [3.8, 4) is 11.1 Å². The summed E-state index contributed by atoms with van der Waals surface area (Å²) in [6.07, 6.45) is 0. The Morgan fingerprint density at radius 1 is 1.18 bits per heavy atom. The molecule has 0 unspecified atom stereocenters. The molecule has 1 N–H and O–H groups in total. The molecule has 4 nitrogen and oxygen atoms in total. The number of aromatic nitrogens is 2. The van der Waals surface area contributed by atoms with Crippen LogP contribution in [0.25, 0.3) is 21.3 Å². The highest BCUT2D eigenvalue weighted by Gasteiger charge is 2.17. The van der Waals surface area contributed by atoms with Crippen molar-refractivity contribution >= 4 is 48.8 Å². The lowest BCUT2D eigenvalue weighted by atomic mass is 10.0. The van der Waals surface area contributed by atoms with Crippen LogP contribution in [0.5, 0.6) is 0 Å². The van der Waals surface area contributed by atoms with Crippen LogP contribution in [0.4, 0.5) is 0 Å². The third-order valence-electron chi connectivity index (χ3n) is 4.59. The van der Waals surface area contributed by atoms with Gasteiger partial charge in [0.25, 0.3) is 5.56 Å². The lowest BCUT2D eigenvalue weighted by molar-refractivity contribution is 0.313. The molecule has 0 saturated heterocycles. The van der Waals surface area contributed by atoms with E-state index < -0.39 is 0 Å². The first-order valence-electron chi connectivity index (χ1n) is 8.91. The summed E-state index contributed by atoms with van der Waals surface area (Å²) in [5.74, 6) is 0.701. The third-order valence-corrected chi connectivity index (χ3v) is 7.28. The second-order valence-electron chi connectivity index (χ2n) is 7.00. The van der Waals surface area contributed by atoms with E-state index in [2.05, 4.69) is 75.4 Å². The zero-order chi connectivity index (χ0) is 19.8. The zero-order valence-electron chi connectivity index (χ0n) is 15.9. The van der Waals surface area contributed by atoms with Gasteiger partial charge in [0.15, 0.2) is 0 Å². The average Bonchev–Trinajstić information content (AvgIpc) is 3.18. The molecule has 0 radical (unpaired) electrons.